The van der Waals surface area contributed by atoms with Gasteiger partial charge in [0.25, 0.3) is 5.56 Å². The number of anilines is 2. The molecular formula is C47H39F3N8O9. The molecule has 2 N–H and O–H groups in total. The summed E-state index contributed by atoms with van der Waals surface area (Å²) in [7, 11) is 0. The molecule has 0 radical (unpaired) electrons. The maximum absolute atomic E-state index is 13.9. The van der Waals surface area contributed by atoms with Gasteiger partial charge in [-0.1, -0.05) is 6.92 Å². The molecule has 9 heterocycles. The number of amides is 4. The number of rotatable bonds is 6. The van der Waals surface area contributed by atoms with Crippen LogP contribution in [0, 0.1) is 46.3 Å². The molecular weight excluding hydrogens is 878 g/mol. The molecule has 5 aromatic rings. The molecule has 6 saturated heterocycles. The second-order valence-electron chi connectivity index (χ2n) is 18.3. The quantitative estimate of drug-likeness (QED) is 0.228. The van der Waals surface area contributed by atoms with Crippen LogP contribution in [-0.2, 0) is 41.4 Å². The van der Waals surface area contributed by atoms with E-state index in [-0.39, 0.29) is 42.5 Å². The van der Waals surface area contributed by atoms with Crippen LogP contribution in [0.5, 0.6) is 0 Å². The first kappa shape index (κ1) is 43.9. The molecule has 4 bridgehead atoms. The number of aryl methyl sites for hydroxylation is 1. The molecule has 11 rings (SSSR count). The highest BCUT2D eigenvalue weighted by Gasteiger charge is 2.78. The van der Waals surface area contributed by atoms with E-state index in [2.05, 4.69) is 21.0 Å². The fourth-order valence-electron chi connectivity index (χ4n) is 11.8. The lowest BCUT2D eigenvalue weighted by molar-refractivity contribution is -0.141. The number of aliphatic hydroxyl groups is 2. The topological polar surface area (TPSA) is 242 Å². The minimum absolute atomic E-state index is 0.00395. The maximum Gasteiger partial charge on any atom is 0.433 e. The van der Waals surface area contributed by atoms with E-state index in [1.807, 2.05) is 13.0 Å². The predicted molar refractivity (Wildman–Crippen MR) is 226 cm³/mol. The minimum Gasteiger partial charge on any atom is -0.390 e. The predicted octanol–water partition coefficient (Wildman–Crippen LogP) is 4.08. The number of alkyl halides is 3. The number of nitrogens with zero attached hydrogens (tertiary/aromatic N) is 8. The molecule has 0 spiro atoms. The molecule has 2 aromatic carbocycles. The number of pyridine rings is 2. The number of benzene rings is 2. The summed E-state index contributed by atoms with van der Waals surface area (Å²) < 4.78 is 52.1. The first-order valence-electron chi connectivity index (χ1n) is 21.5. The second-order valence-corrected chi connectivity index (χ2v) is 18.3. The number of imide groups is 2. The lowest BCUT2D eigenvalue weighted by atomic mass is 9.66. The van der Waals surface area contributed by atoms with Gasteiger partial charge in [0.15, 0.2) is 5.69 Å². The van der Waals surface area contributed by atoms with Crippen molar-refractivity contribution in [3.63, 3.8) is 0 Å². The number of nitriles is 2. The van der Waals surface area contributed by atoms with Crippen molar-refractivity contribution < 1.29 is 52.0 Å². The largest absolute Gasteiger partial charge is 0.433 e. The molecule has 6 fully saturated rings. The Kier molecular flexibility index (Phi) is 9.67. The number of halogens is 3. The van der Waals surface area contributed by atoms with Gasteiger partial charge < -0.3 is 19.7 Å². The zero-order chi connectivity index (χ0) is 47.7. The van der Waals surface area contributed by atoms with Gasteiger partial charge in [-0.25, -0.2) is 14.8 Å². The van der Waals surface area contributed by atoms with E-state index in [1.54, 1.807) is 56.4 Å². The van der Waals surface area contributed by atoms with Crippen LogP contribution in [0.25, 0.3) is 21.8 Å². The number of hydrogen-bond donors (Lipinski definition) is 2. The third kappa shape index (κ3) is 5.99. The summed E-state index contributed by atoms with van der Waals surface area (Å²) >= 11 is 0. The zero-order valence-electron chi connectivity index (χ0n) is 35.9. The second kappa shape index (κ2) is 14.8. The van der Waals surface area contributed by atoms with Crippen LogP contribution in [0.4, 0.5) is 24.5 Å². The summed E-state index contributed by atoms with van der Waals surface area (Å²) in [5.74, 6) is -5.15. The fourth-order valence-corrected chi connectivity index (χ4v) is 11.8. The summed E-state index contributed by atoms with van der Waals surface area (Å²) in [4.78, 5) is 81.0. The number of aromatic nitrogens is 4. The van der Waals surface area contributed by atoms with E-state index in [0.717, 1.165) is 15.8 Å². The summed E-state index contributed by atoms with van der Waals surface area (Å²) in [6.45, 7) is 5.05. The number of ether oxygens (including phenoxy) is 2. The number of carbonyl (C=O) groups is 4. The first-order chi connectivity index (χ1) is 31.8. The Morgan fingerprint density at radius 2 is 1.18 bits per heavy atom. The maximum atomic E-state index is 13.9. The van der Waals surface area contributed by atoms with Crippen molar-refractivity contribution in [3.8, 4) is 12.1 Å². The van der Waals surface area contributed by atoms with Crippen molar-refractivity contribution in [1.29, 1.82) is 10.5 Å². The van der Waals surface area contributed by atoms with Gasteiger partial charge in [-0.05, 0) is 75.2 Å². The van der Waals surface area contributed by atoms with Crippen LogP contribution >= 0.6 is 0 Å². The van der Waals surface area contributed by atoms with Crippen LogP contribution in [-0.4, -0.2) is 88.0 Å². The Bertz CT molecular complexity index is 3150. The lowest BCUT2D eigenvalue weighted by Crippen LogP contribution is -2.49. The average molecular weight is 917 g/mol. The van der Waals surface area contributed by atoms with Gasteiger partial charge >= 0.3 is 6.18 Å². The van der Waals surface area contributed by atoms with Crippen molar-refractivity contribution in [2.75, 3.05) is 9.80 Å². The van der Waals surface area contributed by atoms with E-state index in [9.17, 15) is 57.9 Å². The molecule has 342 valence electrons. The monoisotopic (exact) mass is 916 g/mol. The van der Waals surface area contributed by atoms with Crippen molar-refractivity contribution in [2.24, 2.45) is 23.7 Å². The third-order valence-electron chi connectivity index (χ3n) is 15.0. The Morgan fingerprint density at radius 1 is 0.716 bits per heavy atom. The van der Waals surface area contributed by atoms with Crippen LogP contribution in [0.3, 0.4) is 0 Å². The zero-order valence-corrected chi connectivity index (χ0v) is 35.9. The van der Waals surface area contributed by atoms with Gasteiger partial charge in [0.2, 0.25) is 23.6 Å². The molecule has 67 heavy (non-hydrogen) atoms. The fraction of sp³-hybridized carbons (Fsp3) is 0.404. The standard InChI is InChI=1S/C26H20F3N5O5.C21H19N3O4/c1-24-17(35)10-25(39-24,6-8-33-12-32-16(9-18(33)36)26(27,28)29)20-19(24)22(37)34(23(20)38)15-5-4-13(11-30)21-14(15)3-2-7-31-21;1-3-21-9-14(25)20(2,28-21)15-16(21)19(27)24(18(15)26)13-7-6-11(10-22)17-12(13)5-4-8-23-17/h2-5,7,9,12,17,19-20,35H,6,8,10H2,1H3;4-8,14-16,25H,3,9H2,1-2H3/t17-,19-,20+,24-,25+;14-,15-,16+,20-,21+/m00/s1. The van der Waals surface area contributed by atoms with E-state index in [0.29, 0.717) is 52.0 Å². The van der Waals surface area contributed by atoms with Crippen LogP contribution in [0.2, 0.25) is 0 Å². The molecule has 3 aromatic heterocycles. The molecule has 4 amide bonds. The van der Waals surface area contributed by atoms with Crippen LogP contribution < -0.4 is 15.4 Å². The Morgan fingerprint density at radius 3 is 1.64 bits per heavy atom. The van der Waals surface area contributed by atoms with Gasteiger partial charge in [0, 0.05) is 48.6 Å². The highest BCUT2D eigenvalue weighted by Crippen LogP contribution is 2.64. The van der Waals surface area contributed by atoms with Gasteiger partial charge in [0.05, 0.1) is 86.9 Å². The Labute approximate surface area is 378 Å². The van der Waals surface area contributed by atoms with E-state index in [4.69, 9.17) is 9.47 Å². The van der Waals surface area contributed by atoms with Crippen LogP contribution in [0.15, 0.2) is 78.1 Å². The highest BCUT2D eigenvalue weighted by atomic mass is 19.4. The van der Waals surface area contributed by atoms with Gasteiger partial charge in [-0.15, -0.1) is 0 Å². The van der Waals surface area contributed by atoms with E-state index >= 15 is 0 Å². The smallest absolute Gasteiger partial charge is 0.390 e. The number of carbonyl (C=O) groups excluding carboxylic acids is 4. The van der Waals surface area contributed by atoms with Crippen LogP contribution in [0.1, 0.15) is 63.3 Å². The van der Waals surface area contributed by atoms with Gasteiger partial charge in [-0.2, -0.15) is 23.7 Å². The normalized spacial score (nSPS) is 32.4. The third-order valence-corrected chi connectivity index (χ3v) is 15.0. The number of fused-ring (bicyclic) bond motifs is 12. The molecule has 6 aliphatic heterocycles. The Balaban J connectivity index is 0.000000165. The highest BCUT2D eigenvalue weighted by molar-refractivity contribution is 6.27. The molecule has 17 nitrogen and oxygen atoms in total. The summed E-state index contributed by atoms with van der Waals surface area (Å²) in [5.41, 5.74) is -4.77. The van der Waals surface area contributed by atoms with Gasteiger partial charge in [-0.3, -0.25) is 38.5 Å². The van der Waals surface area contributed by atoms with Crippen molar-refractivity contribution in [2.45, 2.75) is 93.8 Å². The van der Waals surface area contributed by atoms with Crippen molar-refractivity contribution >= 4 is 56.8 Å². The molecule has 20 heteroatoms. The van der Waals surface area contributed by atoms with E-state index < -0.39 is 87.5 Å². The molecule has 6 aliphatic rings. The number of aliphatic hydroxyl groups excluding tert-OH is 2. The SMILES string of the molecule is CC[C@]12C[C@H](O)[C@](C)(O1)[C@@H]1C(=O)N(c3ccc(C#N)c4ncccc34)C(=O)[C@@H]12.C[C@]12O[C@](CCn3cnc(C(F)(F)F)cc3=O)(C[C@@H]1O)[C@H]1C(=O)N(c3ccc(C#N)c4ncccc34)C(=O)[C@H]12. The summed E-state index contributed by atoms with van der Waals surface area (Å²) in [5, 5.41) is 41.3. The van der Waals surface area contributed by atoms with Crippen molar-refractivity contribution in [3.05, 3.63) is 100 Å². The molecule has 0 saturated carbocycles. The summed E-state index contributed by atoms with van der Waals surface area (Å²) in [6, 6.07) is 17.4. The lowest BCUT2D eigenvalue weighted by Gasteiger charge is -2.33. The molecule has 10 atom stereocenters. The first-order valence-corrected chi connectivity index (χ1v) is 21.5. The van der Waals surface area contributed by atoms with E-state index in [1.165, 1.54) is 23.2 Å². The molecule has 0 aliphatic carbocycles. The number of hydrogen-bond acceptors (Lipinski definition) is 14. The summed E-state index contributed by atoms with van der Waals surface area (Å²) in [6.07, 6.45) is -1.95. The van der Waals surface area contributed by atoms with Gasteiger partial charge in [0.1, 0.15) is 23.3 Å². The minimum atomic E-state index is -4.78. The van der Waals surface area contributed by atoms with Crippen molar-refractivity contribution in [1.82, 2.24) is 19.5 Å². The molecule has 0 unspecified atom stereocenters. The Hall–Kier alpha value is -6.97. The average Bonchev–Trinajstić information content (AvgIpc) is 4.07.